The van der Waals surface area contributed by atoms with Crippen molar-refractivity contribution in [2.75, 3.05) is 18.0 Å². The van der Waals surface area contributed by atoms with Gasteiger partial charge < -0.3 is 4.90 Å². The van der Waals surface area contributed by atoms with Crippen LogP contribution < -0.4 is 4.90 Å². The Bertz CT molecular complexity index is 552. The normalized spacial score (nSPS) is 14.9. The van der Waals surface area contributed by atoms with E-state index in [0.29, 0.717) is 11.1 Å². The molecule has 0 radical (unpaired) electrons. The maximum atomic E-state index is 11.6. The first-order valence-electron chi connectivity index (χ1n) is 6.07. The van der Waals surface area contributed by atoms with Gasteiger partial charge in [-0.2, -0.15) is 5.26 Å². The van der Waals surface area contributed by atoms with Gasteiger partial charge in [0.05, 0.1) is 11.6 Å². The van der Waals surface area contributed by atoms with Gasteiger partial charge in [-0.25, -0.2) is 0 Å². The maximum Gasteiger partial charge on any atom is 0.161 e. The van der Waals surface area contributed by atoms with Gasteiger partial charge in [0.15, 0.2) is 5.78 Å². The Morgan fingerprint density at radius 1 is 1.44 bits per heavy atom. The third-order valence-electron chi connectivity index (χ3n) is 3.28. The van der Waals surface area contributed by atoms with Crippen LogP contribution in [0.5, 0.6) is 0 Å². The van der Waals surface area contributed by atoms with Gasteiger partial charge in [0.1, 0.15) is 0 Å². The molecule has 3 heteroatoms. The minimum absolute atomic E-state index is 0.0424. The topological polar surface area (TPSA) is 44.1 Å². The van der Waals surface area contributed by atoms with E-state index < -0.39 is 0 Å². The Labute approximate surface area is 107 Å². The Kier molecular flexibility index (Phi) is 3.47. The average Bonchev–Trinajstić information content (AvgIpc) is 2.38. The largest absolute Gasteiger partial charge is 0.367 e. The summed E-state index contributed by atoms with van der Waals surface area (Å²) in [5.74, 6) is 0.0424. The lowest BCUT2D eigenvalue weighted by atomic mass is 10.0. The molecular weight excluding hydrogens is 224 g/mol. The molecule has 92 valence electrons. The molecule has 1 aromatic carbocycles. The van der Waals surface area contributed by atoms with Gasteiger partial charge in [0.2, 0.25) is 0 Å². The third kappa shape index (κ3) is 2.43. The van der Waals surface area contributed by atoms with E-state index in [-0.39, 0.29) is 5.78 Å². The molecule has 1 aromatic rings. The standard InChI is InChI=1S/C15H16N2O/c1-11-5-7-17(8-6-11)15-9-13(10-16)3-4-14(15)12(2)18/h3-5,9H,6-8H2,1-2H3. The van der Waals surface area contributed by atoms with Crippen molar-refractivity contribution in [2.24, 2.45) is 0 Å². The van der Waals surface area contributed by atoms with Crippen LogP contribution in [0.15, 0.2) is 29.8 Å². The monoisotopic (exact) mass is 240 g/mol. The summed E-state index contributed by atoms with van der Waals surface area (Å²) in [4.78, 5) is 13.8. The van der Waals surface area contributed by atoms with Crippen molar-refractivity contribution >= 4 is 11.5 Å². The van der Waals surface area contributed by atoms with Crippen LogP contribution in [0.1, 0.15) is 36.2 Å². The van der Waals surface area contributed by atoms with Crippen LogP contribution in [-0.4, -0.2) is 18.9 Å². The lowest BCUT2D eigenvalue weighted by Gasteiger charge is -2.29. The van der Waals surface area contributed by atoms with Crippen LogP contribution in [0.4, 0.5) is 5.69 Å². The molecule has 18 heavy (non-hydrogen) atoms. The molecule has 0 aliphatic carbocycles. The van der Waals surface area contributed by atoms with Gasteiger partial charge in [-0.05, 0) is 38.5 Å². The van der Waals surface area contributed by atoms with Crippen LogP contribution in [0, 0.1) is 11.3 Å². The number of nitrogens with zero attached hydrogens (tertiary/aromatic N) is 2. The number of Topliss-reactive ketones (excluding diaryl/α,β-unsaturated/α-hetero) is 1. The molecule has 0 spiro atoms. The van der Waals surface area contributed by atoms with Crippen LogP contribution in [0.2, 0.25) is 0 Å². The zero-order valence-electron chi connectivity index (χ0n) is 10.7. The maximum absolute atomic E-state index is 11.6. The zero-order chi connectivity index (χ0) is 13.1. The van der Waals surface area contributed by atoms with E-state index in [2.05, 4.69) is 24.0 Å². The predicted molar refractivity (Wildman–Crippen MR) is 71.7 cm³/mol. The molecule has 1 aliphatic heterocycles. The summed E-state index contributed by atoms with van der Waals surface area (Å²) in [6, 6.07) is 7.39. The van der Waals surface area contributed by atoms with Crippen molar-refractivity contribution in [2.45, 2.75) is 20.3 Å². The van der Waals surface area contributed by atoms with Crippen LogP contribution in [0.25, 0.3) is 0 Å². The number of hydrogen-bond donors (Lipinski definition) is 0. The van der Waals surface area contributed by atoms with Crippen molar-refractivity contribution in [3.63, 3.8) is 0 Å². The van der Waals surface area contributed by atoms with E-state index in [4.69, 9.17) is 5.26 Å². The smallest absolute Gasteiger partial charge is 0.161 e. The van der Waals surface area contributed by atoms with Gasteiger partial charge in [-0.3, -0.25) is 4.79 Å². The third-order valence-corrected chi connectivity index (χ3v) is 3.28. The molecule has 0 saturated heterocycles. The quantitative estimate of drug-likeness (QED) is 0.589. The number of anilines is 1. The second-order valence-corrected chi connectivity index (χ2v) is 4.65. The van der Waals surface area contributed by atoms with E-state index in [0.717, 1.165) is 25.2 Å². The molecule has 0 aromatic heterocycles. The molecule has 3 nitrogen and oxygen atoms in total. The number of carbonyl (C=O) groups excluding carboxylic acids is 1. The number of benzene rings is 1. The van der Waals surface area contributed by atoms with Crippen molar-refractivity contribution in [1.82, 2.24) is 0 Å². The molecule has 0 amide bonds. The molecule has 2 rings (SSSR count). The first-order chi connectivity index (χ1) is 8.61. The summed E-state index contributed by atoms with van der Waals surface area (Å²) < 4.78 is 0. The number of carbonyl (C=O) groups is 1. The van der Waals surface area contributed by atoms with Crippen molar-refractivity contribution in [1.29, 1.82) is 5.26 Å². The van der Waals surface area contributed by atoms with Crippen LogP contribution in [-0.2, 0) is 0 Å². The summed E-state index contributed by atoms with van der Waals surface area (Å²) in [6.07, 6.45) is 3.18. The fraction of sp³-hybridized carbons (Fsp3) is 0.333. The summed E-state index contributed by atoms with van der Waals surface area (Å²) in [5, 5.41) is 8.97. The minimum atomic E-state index is 0.0424. The summed E-state index contributed by atoms with van der Waals surface area (Å²) in [6.45, 7) is 5.39. The van der Waals surface area contributed by atoms with E-state index in [1.165, 1.54) is 5.57 Å². The molecule has 0 unspecified atom stereocenters. The van der Waals surface area contributed by atoms with E-state index >= 15 is 0 Å². The second-order valence-electron chi connectivity index (χ2n) is 4.65. The molecular formula is C15H16N2O. The SMILES string of the molecule is CC(=O)c1ccc(C#N)cc1N1CC=C(C)CC1. The summed E-state index contributed by atoms with van der Waals surface area (Å²) in [5.41, 5.74) is 3.56. The molecule has 1 aliphatic rings. The van der Waals surface area contributed by atoms with E-state index in [1.54, 1.807) is 19.1 Å². The number of nitriles is 1. The molecule has 0 N–H and O–H groups in total. The highest BCUT2D eigenvalue weighted by molar-refractivity contribution is 6.00. The van der Waals surface area contributed by atoms with Gasteiger partial charge in [0.25, 0.3) is 0 Å². The Hall–Kier alpha value is -2.08. The van der Waals surface area contributed by atoms with Crippen molar-refractivity contribution in [3.8, 4) is 6.07 Å². The highest BCUT2D eigenvalue weighted by Gasteiger charge is 2.16. The average molecular weight is 240 g/mol. The van der Waals surface area contributed by atoms with Crippen LogP contribution >= 0.6 is 0 Å². The van der Waals surface area contributed by atoms with Crippen molar-refractivity contribution < 1.29 is 4.79 Å². The van der Waals surface area contributed by atoms with Gasteiger partial charge in [-0.1, -0.05) is 11.6 Å². The Morgan fingerprint density at radius 2 is 2.22 bits per heavy atom. The fourth-order valence-electron chi connectivity index (χ4n) is 2.15. The molecule has 0 fully saturated rings. The summed E-state index contributed by atoms with van der Waals surface area (Å²) in [7, 11) is 0. The number of ketones is 1. The van der Waals surface area contributed by atoms with Crippen molar-refractivity contribution in [3.05, 3.63) is 41.0 Å². The lowest BCUT2D eigenvalue weighted by molar-refractivity contribution is 0.101. The first-order valence-corrected chi connectivity index (χ1v) is 6.07. The fourth-order valence-corrected chi connectivity index (χ4v) is 2.15. The molecule has 0 bridgehead atoms. The van der Waals surface area contributed by atoms with Crippen LogP contribution in [0.3, 0.4) is 0 Å². The molecule has 0 atom stereocenters. The van der Waals surface area contributed by atoms with E-state index in [9.17, 15) is 4.79 Å². The van der Waals surface area contributed by atoms with Gasteiger partial charge in [0, 0.05) is 24.3 Å². The predicted octanol–water partition coefficient (Wildman–Crippen LogP) is 2.92. The highest BCUT2D eigenvalue weighted by atomic mass is 16.1. The second kappa shape index (κ2) is 5.05. The number of rotatable bonds is 2. The zero-order valence-corrected chi connectivity index (χ0v) is 10.7. The number of hydrogen-bond acceptors (Lipinski definition) is 3. The Balaban J connectivity index is 2.42. The van der Waals surface area contributed by atoms with E-state index in [1.807, 2.05) is 6.07 Å². The van der Waals surface area contributed by atoms with Gasteiger partial charge >= 0.3 is 0 Å². The lowest BCUT2D eigenvalue weighted by Crippen LogP contribution is -2.29. The summed E-state index contributed by atoms with van der Waals surface area (Å²) >= 11 is 0. The highest BCUT2D eigenvalue weighted by Crippen LogP contribution is 2.25. The molecule has 1 heterocycles. The first kappa shape index (κ1) is 12.4. The molecule has 0 saturated carbocycles. The Morgan fingerprint density at radius 3 is 2.78 bits per heavy atom. The minimum Gasteiger partial charge on any atom is -0.367 e. The van der Waals surface area contributed by atoms with Gasteiger partial charge in [-0.15, -0.1) is 0 Å².